The second kappa shape index (κ2) is 8.18. The van der Waals surface area contributed by atoms with Crippen LogP contribution in [0, 0.1) is 12.8 Å². The molecule has 0 aromatic heterocycles. The number of nitrogens with zero attached hydrogens (tertiary/aromatic N) is 1. The number of carbonyl (C=O) groups excluding carboxylic acids is 1. The van der Waals surface area contributed by atoms with Crippen molar-refractivity contribution in [3.8, 4) is 0 Å². The highest BCUT2D eigenvalue weighted by Crippen LogP contribution is 2.26. The van der Waals surface area contributed by atoms with Crippen LogP contribution in [0.25, 0.3) is 0 Å². The van der Waals surface area contributed by atoms with Gasteiger partial charge < -0.3 is 10.4 Å². The highest BCUT2D eigenvalue weighted by molar-refractivity contribution is 7.89. The number of hydrogen-bond acceptors (Lipinski definition) is 4. The van der Waals surface area contributed by atoms with Crippen molar-refractivity contribution < 1.29 is 23.1 Å². The fraction of sp³-hybridized carbons (Fsp3) is 0.556. The Bertz CT molecular complexity index is 787. The molecular formula is C18H26N2O5S. The average molecular weight is 382 g/mol. The zero-order chi connectivity index (χ0) is 19.5. The summed E-state index contributed by atoms with van der Waals surface area (Å²) in [5.41, 5.74) is 0.978. The molecule has 0 saturated heterocycles. The van der Waals surface area contributed by atoms with Crippen molar-refractivity contribution in [2.45, 2.75) is 51.0 Å². The number of carboxylic acids is 1. The molecule has 26 heavy (non-hydrogen) atoms. The molecule has 1 saturated carbocycles. The van der Waals surface area contributed by atoms with Crippen LogP contribution in [0.4, 0.5) is 0 Å². The third-order valence-electron chi connectivity index (χ3n) is 4.91. The Kier molecular flexibility index (Phi) is 6.41. The van der Waals surface area contributed by atoms with Crippen LogP contribution in [0.15, 0.2) is 23.1 Å². The molecule has 0 aliphatic heterocycles. The van der Waals surface area contributed by atoms with Crippen molar-refractivity contribution in [2.75, 3.05) is 13.1 Å². The van der Waals surface area contributed by atoms with Gasteiger partial charge in [-0.05, 0) is 43.9 Å². The molecule has 7 nitrogen and oxygen atoms in total. The van der Waals surface area contributed by atoms with Gasteiger partial charge in [-0.25, -0.2) is 8.42 Å². The van der Waals surface area contributed by atoms with E-state index in [0.717, 1.165) is 0 Å². The molecule has 0 bridgehead atoms. The highest BCUT2D eigenvalue weighted by atomic mass is 32.2. The summed E-state index contributed by atoms with van der Waals surface area (Å²) in [5, 5.41) is 11.9. The van der Waals surface area contributed by atoms with E-state index in [0.29, 0.717) is 43.5 Å². The van der Waals surface area contributed by atoms with Crippen LogP contribution >= 0.6 is 0 Å². The Hall–Kier alpha value is -1.93. The molecule has 0 heterocycles. The monoisotopic (exact) mass is 382 g/mol. The van der Waals surface area contributed by atoms with Gasteiger partial charge in [-0.15, -0.1) is 0 Å². The maximum Gasteiger partial charge on any atom is 0.306 e. The van der Waals surface area contributed by atoms with Crippen LogP contribution in [0.2, 0.25) is 0 Å². The molecule has 1 amide bonds. The number of sulfonamides is 1. The van der Waals surface area contributed by atoms with Crippen molar-refractivity contribution in [3.63, 3.8) is 0 Å². The van der Waals surface area contributed by atoms with Gasteiger partial charge in [0, 0.05) is 24.7 Å². The van der Waals surface area contributed by atoms with Crippen LogP contribution in [0.5, 0.6) is 0 Å². The summed E-state index contributed by atoms with van der Waals surface area (Å²) < 4.78 is 26.7. The smallest absolute Gasteiger partial charge is 0.306 e. The number of rotatable bonds is 7. The molecule has 0 spiro atoms. The molecule has 144 valence electrons. The standard InChI is InChI=1S/C18H26N2O5S/c1-4-20(5-2)26(24,25)15-9-6-12(3)16(11-15)17(21)19-14-8-7-13(10-14)18(22)23/h6,9,11,13-14H,4-5,7-8,10H2,1-3H3,(H,19,21)(H,22,23)/t13-,14+/m0/s1. The molecule has 0 radical (unpaired) electrons. The first-order valence-corrected chi connectivity index (χ1v) is 10.3. The number of hydrogen-bond donors (Lipinski definition) is 2. The maximum atomic E-state index is 12.7. The quantitative estimate of drug-likeness (QED) is 0.751. The summed E-state index contributed by atoms with van der Waals surface area (Å²) in [5.74, 6) is -1.64. The van der Waals surface area contributed by atoms with E-state index in [9.17, 15) is 18.0 Å². The molecule has 1 aliphatic rings. The van der Waals surface area contributed by atoms with Gasteiger partial charge in [0.2, 0.25) is 10.0 Å². The first kappa shape index (κ1) is 20.4. The van der Waals surface area contributed by atoms with Crippen LogP contribution in [-0.2, 0) is 14.8 Å². The predicted octanol–water partition coefficient (Wildman–Crippen LogP) is 2.01. The number of nitrogens with one attached hydrogen (secondary N) is 1. The second-order valence-corrected chi connectivity index (χ2v) is 8.52. The van der Waals surface area contributed by atoms with Gasteiger partial charge in [-0.3, -0.25) is 9.59 Å². The third kappa shape index (κ3) is 4.24. The lowest BCUT2D eigenvalue weighted by Gasteiger charge is -2.19. The Morgan fingerprint density at radius 1 is 1.23 bits per heavy atom. The summed E-state index contributed by atoms with van der Waals surface area (Å²) in [6.07, 6.45) is 1.55. The molecular weight excluding hydrogens is 356 g/mol. The van der Waals surface area contributed by atoms with Crippen molar-refractivity contribution in [1.29, 1.82) is 0 Å². The van der Waals surface area contributed by atoms with E-state index in [1.165, 1.54) is 16.4 Å². The van der Waals surface area contributed by atoms with Gasteiger partial charge >= 0.3 is 5.97 Å². The number of aliphatic carboxylic acids is 1. The van der Waals surface area contributed by atoms with E-state index >= 15 is 0 Å². The molecule has 2 N–H and O–H groups in total. The van der Waals surface area contributed by atoms with E-state index in [2.05, 4.69) is 5.32 Å². The first-order valence-electron chi connectivity index (χ1n) is 8.85. The van der Waals surface area contributed by atoms with E-state index in [1.807, 2.05) is 0 Å². The minimum atomic E-state index is -3.65. The highest BCUT2D eigenvalue weighted by Gasteiger charge is 2.31. The van der Waals surface area contributed by atoms with Crippen LogP contribution < -0.4 is 5.32 Å². The fourth-order valence-corrected chi connectivity index (χ4v) is 4.80. The summed E-state index contributed by atoms with van der Waals surface area (Å²) in [7, 11) is -3.65. The number of carboxylic acid groups (broad SMARTS) is 1. The molecule has 8 heteroatoms. The molecule has 2 atom stereocenters. The van der Waals surface area contributed by atoms with Gasteiger partial charge in [0.15, 0.2) is 0 Å². The van der Waals surface area contributed by atoms with Crippen molar-refractivity contribution in [2.24, 2.45) is 5.92 Å². The number of benzene rings is 1. The largest absolute Gasteiger partial charge is 0.481 e. The van der Waals surface area contributed by atoms with Gasteiger partial charge in [-0.2, -0.15) is 4.31 Å². The summed E-state index contributed by atoms with van der Waals surface area (Å²) in [4.78, 5) is 23.8. The zero-order valence-corrected chi connectivity index (χ0v) is 16.2. The van der Waals surface area contributed by atoms with Crippen LogP contribution in [0.1, 0.15) is 49.0 Å². The molecule has 0 unspecified atom stereocenters. The van der Waals surface area contributed by atoms with E-state index in [4.69, 9.17) is 5.11 Å². The van der Waals surface area contributed by atoms with E-state index in [-0.39, 0.29) is 16.8 Å². The Balaban J connectivity index is 2.22. The number of amides is 1. The SMILES string of the molecule is CCN(CC)S(=O)(=O)c1ccc(C)c(C(=O)N[C@@H]2CC[C@H](C(=O)O)C2)c1. The lowest BCUT2D eigenvalue weighted by atomic mass is 10.1. The lowest BCUT2D eigenvalue weighted by Crippen LogP contribution is -2.34. The normalized spacial score (nSPS) is 20.3. The summed E-state index contributed by atoms with van der Waals surface area (Å²) in [6, 6.07) is 4.34. The number of carbonyl (C=O) groups is 2. The Morgan fingerprint density at radius 3 is 2.42 bits per heavy atom. The fourth-order valence-electron chi connectivity index (χ4n) is 3.32. The van der Waals surface area contributed by atoms with Crippen LogP contribution in [0.3, 0.4) is 0 Å². The van der Waals surface area contributed by atoms with Gasteiger partial charge in [0.1, 0.15) is 0 Å². The minimum Gasteiger partial charge on any atom is -0.481 e. The predicted molar refractivity (Wildman–Crippen MR) is 97.5 cm³/mol. The van der Waals surface area contributed by atoms with Crippen LogP contribution in [-0.4, -0.2) is 48.8 Å². The molecule has 1 fully saturated rings. The van der Waals surface area contributed by atoms with Gasteiger partial charge in [-0.1, -0.05) is 19.9 Å². The van der Waals surface area contributed by atoms with Crippen molar-refractivity contribution in [3.05, 3.63) is 29.3 Å². The Labute approximate surface area is 154 Å². The molecule has 1 aliphatic carbocycles. The Morgan fingerprint density at radius 2 is 1.88 bits per heavy atom. The first-order chi connectivity index (χ1) is 12.2. The summed E-state index contributed by atoms with van der Waals surface area (Å²) >= 11 is 0. The molecule has 1 aromatic rings. The minimum absolute atomic E-state index is 0.0896. The topological polar surface area (TPSA) is 104 Å². The second-order valence-electron chi connectivity index (χ2n) is 6.58. The van der Waals surface area contributed by atoms with E-state index in [1.54, 1.807) is 26.8 Å². The van der Waals surface area contributed by atoms with Crippen molar-refractivity contribution >= 4 is 21.9 Å². The van der Waals surface area contributed by atoms with Crippen molar-refractivity contribution in [1.82, 2.24) is 9.62 Å². The molecule has 2 rings (SSSR count). The third-order valence-corrected chi connectivity index (χ3v) is 6.96. The molecule has 1 aromatic carbocycles. The maximum absolute atomic E-state index is 12.7. The van der Waals surface area contributed by atoms with Gasteiger partial charge in [0.05, 0.1) is 10.8 Å². The average Bonchev–Trinajstić information content (AvgIpc) is 3.04. The lowest BCUT2D eigenvalue weighted by molar-refractivity contribution is -0.141. The zero-order valence-electron chi connectivity index (χ0n) is 15.4. The van der Waals surface area contributed by atoms with E-state index < -0.39 is 21.9 Å². The van der Waals surface area contributed by atoms with Gasteiger partial charge in [0.25, 0.3) is 5.91 Å². The number of aryl methyl sites for hydroxylation is 1. The summed E-state index contributed by atoms with van der Waals surface area (Å²) in [6.45, 7) is 5.99.